The average Bonchev–Trinajstić information content (AvgIpc) is 2.91. The van der Waals surface area contributed by atoms with Crippen molar-refractivity contribution >= 4 is 17.2 Å². The SMILES string of the molecule is Cc1nc(Cc2ccccc2)sc1C(=O)NC1CCNCC1C. The van der Waals surface area contributed by atoms with E-state index in [2.05, 4.69) is 34.7 Å². The third-order valence-electron chi connectivity index (χ3n) is 4.35. The lowest BCUT2D eigenvalue weighted by Gasteiger charge is -2.30. The maximum atomic E-state index is 12.6. The van der Waals surface area contributed by atoms with Crippen LogP contribution < -0.4 is 10.6 Å². The predicted octanol–water partition coefficient (Wildman–Crippen LogP) is 2.77. The highest BCUT2D eigenvalue weighted by atomic mass is 32.1. The number of rotatable bonds is 4. The fourth-order valence-electron chi connectivity index (χ4n) is 2.97. The highest BCUT2D eigenvalue weighted by Crippen LogP contribution is 2.22. The normalized spacial score (nSPS) is 21.1. The van der Waals surface area contributed by atoms with Crippen LogP contribution in [0, 0.1) is 12.8 Å². The van der Waals surface area contributed by atoms with Crippen LogP contribution in [0.5, 0.6) is 0 Å². The van der Waals surface area contributed by atoms with Gasteiger partial charge < -0.3 is 10.6 Å². The van der Waals surface area contributed by atoms with Crippen molar-refractivity contribution in [1.29, 1.82) is 0 Å². The van der Waals surface area contributed by atoms with Crippen molar-refractivity contribution in [3.8, 4) is 0 Å². The van der Waals surface area contributed by atoms with Gasteiger partial charge in [0.2, 0.25) is 0 Å². The van der Waals surface area contributed by atoms with Gasteiger partial charge in [-0.3, -0.25) is 4.79 Å². The molecular formula is C18H23N3OS. The summed E-state index contributed by atoms with van der Waals surface area (Å²) in [5.41, 5.74) is 2.06. The van der Waals surface area contributed by atoms with Crippen LogP contribution >= 0.6 is 11.3 Å². The molecule has 2 heterocycles. The maximum absolute atomic E-state index is 12.6. The van der Waals surface area contributed by atoms with Crippen LogP contribution in [0.1, 0.15) is 39.3 Å². The summed E-state index contributed by atoms with van der Waals surface area (Å²) in [6.45, 7) is 6.03. The molecule has 122 valence electrons. The molecule has 2 N–H and O–H groups in total. The summed E-state index contributed by atoms with van der Waals surface area (Å²) >= 11 is 1.51. The molecule has 0 radical (unpaired) electrons. The Morgan fingerprint density at radius 3 is 2.91 bits per heavy atom. The Morgan fingerprint density at radius 2 is 2.17 bits per heavy atom. The van der Waals surface area contributed by atoms with Crippen LogP contribution in [0.2, 0.25) is 0 Å². The first-order valence-electron chi connectivity index (χ1n) is 8.15. The van der Waals surface area contributed by atoms with E-state index in [1.807, 2.05) is 25.1 Å². The molecule has 1 saturated heterocycles. The van der Waals surface area contributed by atoms with Gasteiger partial charge in [0.1, 0.15) is 4.88 Å². The van der Waals surface area contributed by atoms with Crippen LogP contribution in [0.4, 0.5) is 0 Å². The Balaban J connectivity index is 1.69. The molecule has 1 aromatic heterocycles. The summed E-state index contributed by atoms with van der Waals surface area (Å²) in [5.74, 6) is 0.489. The molecule has 1 aliphatic rings. The summed E-state index contributed by atoms with van der Waals surface area (Å²) in [6, 6.07) is 10.5. The minimum absolute atomic E-state index is 0.0260. The Morgan fingerprint density at radius 1 is 1.39 bits per heavy atom. The van der Waals surface area contributed by atoms with E-state index in [4.69, 9.17) is 0 Å². The number of carbonyl (C=O) groups is 1. The number of amides is 1. The Labute approximate surface area is 141 Å². The van der Waals surface area contributed by atoms with Crippen molar-refractivity contribution in [2.24, 2.45) is 5.92 Å². The topological polar surface area (TPSA) is 54.0 Å². The maximum Gasteiger partial charge on any atom is 0.263 e. The van der Waals surface area contributed by atoms with Crippen LogP contribution in [0.3, 0.4) is 0 Å². The van der Waals surface area contributed by atoms with Gasteiger partial charge in [-0.2, -0.15) is 0 Å². The predicted molar refractivity (Wildman–Crippen MR) is 94.0 cm³/mol. The van der Waals surface area contributed by atoms with Gasteiger partial charge in [0.25, 0.3) is 5.91 Å². The van der Waals surface area contributed by atoms with Gasteiger partial charge in [-0.05, 0) is 37.9 Å². The molecule has 1 amide bonds. The molecule has 5 heteroatoms. The van der Waals surface area contributed by atoms with E-state index in [0.29, 0.717) is 5.92 Å². The lowest BCUT2D eigenvalue weighted by molar-refractivity contribution is 0.0917. The number of hydrogen-bond donors (Lipinski definition) is 2. The minimum Gasteiger partial charge on any atom is -0.348 e. The number of piperidine rings is 1. The van der Waals surface area contributed by atoms with Crippen LogP contribution in [-0.2, 0) is 6.42 Å². The molecule has 0 bridgehead atoms. The number of carbonyl (C=O) groups excluding carboxylic acids is 1. The molecule has 4 nitrogen and oxygen atoms in total. The quantitative estimate of drug-likeness (QED) is 0.907. The van der Waals surface area contributed by atoms with Gasteiger partial charge in [0.15, 0.2) is 0 Å². The third-order valence-corrected chi connectivity index (χ3v) is 5.50. The van der Waals surface area contributed by atoms with Crippen LogP contribution in [-0.4, -0.2) is 30.0 Å². The van der Waals surface area contributed by atoms with E-state index in [0.717, 1.165) is 41.5 Å². The van der Waals surface area contributed by atoms with E-state index in [-0.39, 0.29) is 11.9 Å². The lowest BCUT2D eigenvalue weighted by atomic mass is 9.95. The zero-order valence-electron chi connectivity index (χ0n) is 13.6. The fraction of sp³-hybridized carbons (Fsp3) is 0.444. The van der Waals surface area contributed by atoms with Crippen LogP contribution in [0.25, 0.3) is 0 Å². The highest BCUT2D eigenvalue weighted by molar-refractivity contribution is 7.13. The van der Waals surface area contributed by atoms with Crippen molar-refractivity contribution in [3.63, 3.8) is 0 Å². The van der Waals surface area contributed by atoms with Gasteiger partial charge in [-0.25, -0.2) is 4.98 Å². The molecule has 0 aliphatic carbocycles. The molecule has 1 aromatic carbocycles. The number of aryl methyl sites for hydroxylation is 1. The van der Waals surface area contributed by atoms with Crippen LogP contribution in [0.15, 0.2) is 30.3 Å². The molecule has 0 spiro atoms. The third kappa shape index (κ3) is 3.98. The first-order chi connectivity index (χ1) is 11.1. The molecule has 2 atom stereocenters. The van der Waals surface area contributed by atoms with E-state index < -0.39 is 0 Å². The number of thiazole rings is 1. The second kappa shape index (κ2) is 7.23. The molecule has 2 unspecified atom stereocenters. The second-order valence-electron chi connectivity index (χ2n) is 6.23. The Hall–Kier alpha value is -1.72. The zero-order chi connectivity index (χ0) is 16.2. The van der Waals surface area contributed by atoms with Crippen molar-refractivity contribution in [1.82, 2.24) is 15.6 Å². The number of nitrogens with zero attached hydrogens (tertiary/aromatic N) is 1. The molecule has 1 fully saturated rings. The fourth-order valence-corrected chi connectivity index (χ4v) is 3.97. The van der Waals surface area contributed by atoms with Gasteiger partial charge in [-0.1, -0.05) is 37.3 Å². The van der Waals surface area contributed by atoms with Gasteiger partial charge >= 0.3 is 0 Å². The summed E-state index contributed by atoms with van der Waals surface area (Å²) in [5, 5.41) is 7.55. The number of aromatic nitrogens is 1. The van der Waals surface area contributed by atoms with E-state index in [1.165, 1.54) is 16.9 Å². The smallest absolute Gasteiger partial charge is 0.263 e. The number of hydrogen-bond acceptors (Lipinski definition) is 4. The molecule has 0 saturated carbocycles. The van der Waals surface area contributed by atoms with Gasteiger partial charge in [0, 0.05) is 12.5 Å². The molecule has 3 rings (SSSR count). The highest BCUT2D eigenvalue weighted by Gasteiger charge is 2.24. The summed E-state index contributed by atoms with van der Waals surface area (Å²) < 4.78 is 0. The molecule has 1 aliphatic heterocycles. The minimum atomic E-state index is 0.0260. The van der Waals surface area contributed by atoms with Crippen molar-refractivity contribution < 1.29 is 4.79 Å². The Kier molecular flexibility index (Phi) is 5.08. The van der Waals surface area contributed by atoms with Gasteiger partial charge in [-0.15, -0.1) is 11.3 Å². The summed E-state index contributed by atoms with van der Waals surface area (Å²) in [6.07, 6.45) is 1.77. The van der Waals surface area contributed by atoms with E-state index >= 15 is 0 Å². The standard InChI is InChI=1S/C18H23N3OS/c1-12-11-19-9-8-15(12)21-18(22)17-13(2)20-16(23-17)10-14-6-4-3-5-7-14/h3-7,12,15,19H,8-11H2,1-2H3,(H,21,22). The molecule has 2 aromatic rings. The van der Waals surface area contributed by atoms with Crippen molar-refractivity contribution in [3.05, 3.63) is 51.5 Å². The van der Waals surface area contributed by atoms with E-state index in [1.54, 1.807) is 0 Å². The lowest BCUT2D eigenvalue weighted by Crippen LogP contribution is -2.48. The molecular weight excluding hydrogens is 306 g/mol. The number of nitrogens with one attached hydrogen (secondary N) is 2. The number of benzene rings is 1. The largest absolute Gasteiger partial charge is 0.348 e. The van der Waals surface area contributed by atoms with Crippen molar-refractivity contribution in [2.45, 2.75) is 32.7 Å². The first kappa shape index (κ1) is 16.1. The molecule has 23 heavy (non-hydrogen) atoms. The van der Waals surface area contributed by atoms with Crippen molar-refractivity contribution in [2.75, 3.05) is 13.1 Å². The monoisotopic (exact) mass is 329 g/mol. The second-order valence-corrected chi connectivity index (χ2v) is 7.32. The Bertz CT molecular complexity index is 668. The van der Waals surface area contributed by atoms with Gasteiger partial charge in [0.05, 0.1) is 10.7 Å². The average molecular weight is 329 g/mol. The summed E-state index contributed by atoms with van der Waals surface area (Å²) in [7, 11) is 0. The first-order valence-corrected chi connectivity index (χ1v) is 8.97. The summed E-state index contributed by atoms with van der Waals surface area (Å²) in [4.78, 5) is 17.9. The zero-order valence-corrected chi connectivity index (χ0v) is 14.5. The van der Waals surface area contributed by atoms with E-state index in [9.17, 15) is 4.79 Å².